The van der Waals surface area contributed by atoms with Crippen LogP contribution in [-0.2, 0) is 12.8 Å². The van der Waals surface area contributed by atoms with Crippen molar-refractivity contribution in [1.82, 2.24) is 14.9 Å². The minimum atomic E-state index is 0.335. The maximum absolute atomic E-state index is 6.09. The Kier molecular flexibility index (Phi) is 4.33. The molecule has 1 N–H and O–H groups in total. The quantitative estimate of drug-likeness (QED) is 0.875. The topological polar surface area (TPSA) is 41.1 Å². The zero-order chi connectivity index (χ0) is 15.0. The molecule has 0 aromatic carbocycles. The van der Waals surface area contributed by atoms with E-state index in [-0.39, 0.29) is 0 Å². The van der Waals surface area contributed by atoms with Crippen LogP contribution in [0.3, 0.4) is 0 Å². The Morgan fingerprint density at radius 1 is 1.38 bits per heavy atom. The Morgan fingerprint density at radius 3 is 2.95 bits per heavy atom. The fraction of sp³-hybridized carbons (Fsp3) is 0.600. The summed E-state index contributed by atoms with van der Waals surface area (Å²) >= 11 is 7.88. The van der Waals surface area contributed by atoms with Gasteiger partial charge in [0, 0.05) is 18.0 Å². The lowest BCUT2D eigenvalue weighted by atomic mass is 9.89. The summed E-state index contributed by atoms with van der Waals surface area (Å²) in [6.07, 6.45) is 3.54. The molecule has 1 atom stereocenters. The molecule has 0 amide bonds. The number of nitrogens with one attached hydrogen (secondary N) is 1. The van der Waals surface area contributed by atoms with Crippen molar-refractivity contribution in [3.05, 3.63) is 15.7 Å². The minimum absolute atomic E-state index is 0.335. The number of nitrogens with zero attached hydrogens (tertiary/aromatic N) is 3. The van der Waals surface area contributed by atoms with Gasteiger partial charge in [-0.25, -0.2) is 9.97 Å². The van der Waals surface area contributed by atoms with Crippen LogP contribution in [0.25, 0.3) is 10.2 Å². The third-order valence-electron chi connectivity index (χ3n) is 3.98. The lowest BCUT2D eigenvalue weighted by Crippen LogP contribution is -2.21. The fourth-order valence-electron chi connectivity index (χ4n) is 2.84. The van der Waals surface area contributed by atoms with E-state index < -0.39 is 0 Å². The van der Waals surface area contributed by atoms with Gasteiger partial charge in [-0.3, -0.25) is 0 Å². The van der Waals surface area contributed by atoms with Crippen LogP contribution in [-0.4, -0.2) is 42.1 Å². The first kappa shape index (κ1) is 15.0. The molecule has 0 saturated carbocycles. The first-order valence-corrected chi connectivity index (χ1v) is 8.60. The molecule has 0 spiro atoms. The van der Waals surface area contributed by atoms with E-state index in [1.54, 1.807) is 11.3 Å². The Morgan fingerprint density at radius 2 is 2.19 bits per heavy atom. The zero-order valence-corrected chi connectivity index (χ0v) is 14.3. The molecule has 0 aliphatic heterocycles. The lowest BCUT2D eigenvalue weighted by Gasteiger charge is -2.18. The summed E-state index contributed by atoms with van der Waals surface area (Å²) in [6.45, 7) is 4.14. The zero-order valence-electron chi connectivity index (χ0n) is 12.7. The maximum atomic E-state index is 6.09. The lowest BCUT2D eigenvalue weighted by molar-refractivity contribution is 0.425. The molecule has 1 aliphatic rings. The number of thiophene rings is 1. The third-order valence-corrected chi connectivity index (χ3v) is 5.30. The normalized spacial score (nSPS) is 18.2. The number of likely N-dealkylation sites (N-methyl/N-ethyl adjacent to an activating group) is 1. The Labute approximate surface area is 134 Å². The first-order valence-electron chi connectivity index (χ1n) is 7.41. The SMILES string of the molecule is CC1CCc2c(sc3nc(Cl)nc(NCCN(C)C)c23)C1. The number of hydrogen-bond acceptors (Lipinski definition) is 5. The second-order valence-corrected chi connectivity index (χ2v) is 7.52. The molecule has 0 radical (unpaired) electrons. The number of aryl methyl sites for hydroxylation is 1. The third kappa shape index (κ3) is 3.15. The smallest absolute Gasteiger partial charge is 0.225 e. The number of aromatic nitrogens is 2. The highest BCUT2D eigenvalue weighted by molar-refractivity contribution is 7.19. The van der Waals surface area contributed by atoms with Crippen LogP contribution in [0.1, 0.15) is 23.8 Å². The summed E-state index contributed by atoms with van der Waals surface area (Å²) in [5, 5.41) is 4.97. The molecule has 0 fully saturated rings. The molecule has 0 bridgehead atoms. The van der Waals surface area contributed by atoms with Gasteiger partial charge in [-0.2, -0.15) is 0 Å². The molecular formula is C15H21ClN4S. The van der Waals surface area contributed by atoms with E-state index in [0.717, 1.165) is 42.5 Å². The van der Waals surface area contributed by atoms with Gasteiger partial charge in [-0.05, 0) is 56.4 Å². The van der Waals surface area contributed by atoms with Crippen molar-refractivity contribution in [1.29, 1.82) is 0 Å². The van der Waals surface area contributed by atoms with Crippen molar-refractivity contribution in [2.75, 3.05) is 32.5 Å². The Balaban J connectivity index is 1.98. The molecule has 2 heterocycles. The molecule has 21 heavy (non-hydrogen) atoms. The number of anilines is 1. The van der Waals surface area contributed by atoms with Crippen LogP contribution in [0.5, 0.6) is 0 Å². The van der Waals surface area contributed by atoms with Crippen molar-refractivity contribution < 1.29 is 0 Å². The number of rotatable bonds is 4. The van der Waals surface area contributed by atoms with E-state index in [4.69, 9.17) is 11.6 Å². The number of halogens is 1. The van der Waals surface area contributed by atoms with Gasteiger partial charge >= 0.3 is 0 Å². The molecule has 4 nitrogen and oxygen atoms in total. The van der Waals surface area contributed by atoms with Crippen molar-refractivity contribution in [2.24, 2.45) is 5.92 Å². The molecular weight excluding hydrogens is 304 g/mol. The molecule has 3 rings (SSSR count). The van der Waals surface area contributed by atoms with E-state index in [9.17, 15) is 0 Å². The summed E-state index contributed by atoms with van der Waals surface area (Å²) in [5.41, 5.74) is 1.44. The predicted octanol–water partition coefficient (Wildman–Crippen LogP) is 3.44. The van der Waals surface area contributed by atoms with Gasteiger partial charge in [0.2, 0.25) is 5.28 Å². The van der Waals surface area contributed by atoms with E-state index in [1.807, 2.05) is 0 Å². The van der Waals surface area contributed by atoms with Gasteiger partial charge in [-0.15, -0.1) is 11.3 Å². The summed E-state index contributed by atoms with van der Waals surface area (Å²) in [7, 11) is 4.14. The summed E-state index contributed by atoms with van der Waals surface area (Å²) < 4.78 is 0. The van der Waals surface area contributed by atoms with Crippen LogP contribution in [0.2, 0.25) is 5.28 Å². The van der Waals surface area contributed by atoms with Crippen molar-refractivity contribution in [2.45, 2.75) is 26.2 Å². The minimum Gasteiger partial charge on any atom is -0.368 e. The van der Waals surface area contributed by atoms with Gasteiger partial charge in [0.1, 0.15) is 10.6 Å². The van der Waals surface area contributed by atoms with Gasteiger partial charge in [-0.1, -0.05) is 6.92 Å². The van der Waals surface area contributed by atoms with Crippen LogP contribution in [0, 0.1) is 5.92 Å². The summed E-state index contributed by atoms with van der Waals surface area (Å²) in [4.78, 5) is 13.5. The van der Waals surface area contributed by atoms with E-state index in [1.165, 1.54) is 22.2 Å². The predicted molar refractivity (Wildman–Crippen MR) is 90.7 cm³/mol. The van der Waals surface area contributed by atoms with Gasteiger partial charge in [0.05, 0.1) is 5.39 Å². The average Bonchev–Trinajstić information content (AvgIpc) is 2.74. The highest BCUT2D eigenvalue weighted by atomic mass is 35.5. The highest BCUT2D eigenvalue weighted by Gasteiger charge is 2.23. The van der Waals surface area contributed by atoms with Crippen LogP contribution >= 0.6 is 22.9 Å². The van der Waals surface area contributed by atoms with E-state index in [0.29, 0.717) is 5.28 Å². The van der Waals surface area contributed by atoms with Crippen molar-refractivity contribution in [3.8, 4) is 0 Å². The summed E-state index contributed by atoms with van der Waals surface area (Å²) in [6, 6.07) is 0. The molecule has 2 aromatic rings. The van der Waals surface area contributed by atoms with Crippen molar-refractivity contribution in [3.63, 3.8) is 0 Å². The van der Waals surface area contributed by atoms with Crippen molar-refractivity contribution >= 4 is 39.0 Å². The van der Waals surface area contributed by atoms with Crippen LogP contribution in [0.15, 0.2) is 0 Å². The largest absolute Gasteiger partial charge is 0.368 e. The molecule has 114 valence electrons. The summed E-state index contributed by atoms with van der Waals surface area (Å²) in [5.74, 6) is 1.66. The van der Waals surface area contributed by atoms with Crippen LogP contribution < -0.4 is 5.32 Å². The standard InChI is InChI=1S/C15H21ClN4S/c1-9-4-5-10-11(8-9)21-14-12(10)13(18-15(16)19-14)17-6-7-20(2)3/h9H,4-8H2,1-3H3,(H,17,18,19). The molecule has 0 saturated heterocycles. The average molecular weight is 325 g/mol. The van der Waals surface area contributed by atoms with Gasteiger partial charge < -0.3 is 10.2 Å². The maximum Gasteiger partial charge on any atom is 0.225 e. The van der Waals surface area contributed by atoms with E-state index in [2.05, 4.69) is 41.2 Å². The first-order chi connectivity index (χ1) is 10.0. The Hall–Kier alpha value is -0.910. The van der Waals surface area contributed by atoms with Gasteiger partial charge in [0.15, 0.2) is 0 Å². The highest BCUT2D eigenvalue weighted by Crippen LogP contribution is 2.40. The van der Waals surface area contributed by atoms with Gasteiger partial charge in [0.25, 0.3) is 0 Å². The van der Waals surface area contributed by atoms with Crippen LogP contribution in [0.4, 0.5) is 5.82 Å². The molecule has 1 aliphatic carbocycles. The second-order valence-electron chi connectivity index (χ2n) is 6.10. The molecule has 1 unspecified atom stereocenters. The molecule has 6 heteroatoms. The molecule has 2 aromatic heterocycles. The number of hydrogen-bond donors (Lipinski definition) is 1. The Bertz CT molecular complexity index is 653. The number of fused-ring (bicyclic) bond motifs is 3. The fourth-order valence-corrected chi connectivity index (χ4v) is 4.44. The monoisotopic (exact) mass is 324 g/mol. The van der Waals surface area contributed by atoms with E-state index >= 15 is 0 Å². The second kappa shape index (κ2) is 6.07.